The van der Waals surface area contributed by atoms with Gasteiger partial charge in [-0.2, -0.15) is 8.42 Å². The number of carbonyl (C=O) groups excluding carboxylic acids is 1. The van der Waals surface area contributed by atoms with Crippen molar-refractivity contribution < 1.29 is 22.1 Å². The van der Waals surface area contributed by atoms with Gasteiger partial charge in [0, 0.05) is 4.47 Å². The summed E-state index contributed by atoms with van der Waals surface area (Å²) in [6.45, 7) is -0.241. The molecule has 2 aromatic carbocycles. The number of benzene rings is 2. The van der Waals surface area contributed by atoms with E-state index in [2.05, 4.69) is 21.2 Å². The number of carbonyl (C=O) groups is 1. The minimum Gasteiger partial charge on any atom is -0.442 e. The molecule has 25 heavy (non-hydrogen) atoms. The Morgan fingerprint density at radius 3 is 2.44 bits per heavy atom. The summed E-state index contributed by atoms with van der Waals surface area (Å²) < 4.78 is 35.5. The lowest BCUT2D eigenvalue weighted by atomic mass is 10.0. The number of alkyl carbamates (subject to hydrolysis) is 1. The molecular formula is C17H16BrNO5S. The van der Waals surface area contributed by atoms with Gasteiger partial charge in [0.25, 0.3) is 10.1 Å². The van der Waals surface area contributed by atoms with Crippen molar-refractivity contribution in [2.24, 2.45) is 0 Å². The first-order valence-electron chi connectivity index (χ1n) is 7.60. The number of rotatable bonds is 6. The molecule has 0 aromatic heterocycles. The highest BCUT2D eigenvalue weighted by molar-refractivity contribution is 9.10. The maximum atomic E-state index is 12.2. The Hall–Kier alpha value is -1.90. The van der Waals surface area contributed by atoms with E-state index < -0.39 is 22.3 Å². The van der Waals surface area contributed by atoms with Crippen molar-refractivity contribution >= 4 is 32.1 Å². The topological polar surface area (TPSA) is 81.7 Å². The molecule has 6 nitrogen and oxygen atoms in total. The van der Waals surface area contributed by atoms with Gasteiger partial charge in [-0.05, 0) is 36.2 Å². The van der Waals surface area contributed by atoms with Crippen molar-refractivity contribution in [2.45, 2.75) is 23.5 Å². The average molecular weight is 426 g/mol. The van der Waals surface area contributed by atoms with E-state index in [0.717, 1.165) is 10.0 Å². The summed E-state index contributed by atoms with van der Waals surface area (Å²) in [4.78, 5) is 11.6. The summed E-state index contributed by atoms with van der Waals surface area (Å²) in [6, 6.07) is 15.3. The molecule has 1 N–H and O–H groups in total. The highest BCUT2D eigenvalue weighted by atomic mass is 79.9. The number of hydrogen-bond acceptors (Lipinski definition) is 5. The molecule has 1 aliphatic rings. The van der Waals surface area contributed by atoms with Crippen LogP contribution < -0.4 is 5.32 Å². The highest BCUT2D eigenvalue weighted by Crippen LogP contribution is 2.19. The van der Waals surface area contributed by atoms with E-state index in [1.54, 1.807) is 12.1 Å². The summed E-state index contributed by atoms with van der Waals surface area (Å²) >= 11 is 3.25. The summed E-state index contributed by atoms with van der Waals surface area (Å²) in [6.07, 6.45) is -0.729. The second-order valence-electron chi connectivity index (χ2n) is 5.58. The molecule has 0 aliphatic carbocycles. The third-order valence-electron chi connectivity index (χ3n) is 3.80. The maximum absolute atomic E-state index is 12.2. The molecule has 0 saturated carbocycles. The molecule has 3 rings (SSSR count). The van der Waals surface area contributed by atoms with Gasteiger partial charge in [0.2, 0.25) is 0 Å². The van der Waals surface area contributed by atoms with Crippen LogP contribution in [0, 0.1) is 0 Å². The molecule has 1 saturated heterocycles. The predicted molar refractivity (Wildman–Crippen MR) is 94.6 cm³/mol. The molecule has 1 amide bonds. The summed E-state index contributed by atoms with van der Waals surface area (Å²) in [7, 11) is -3.92. The molecule has 0 unspecified atom stereocenters. The Morgan fingerprint density at radius 1 is 1.08 bits per heavy atom. The zero-order chi connectivity index (χ0) is 17.9. The second-order valence-corrected chi connectivity index (χ2v) is 8.11. The average Bonchev–Trinajstić information content (AvgIpc) is 2.94. The largest absolute Gasteiger partial charge is 0.442 e. The lowest BCUT2D eigenvalue weighted by Crippen LogP contribution is -2.36. The van der Waals surface area contributed by atoms with Crippen molar-refractivity contribution in [1.29, 1.82) is 0 Å². The van der Waals surface area contributed by atoms with E-state index in [4.69, 9.17) is 8.92 Å². The van der Waals surface area contributed by atoms with Crippen LogP contribution in [0.4, 0.5) is 4.79 Å². The second kappa shape index (κ2) is 7.55. The van der Waals surface area contributed by atoms with Crippen LogP contribution in [0.15, 0.2) is 64.0 Å². The molecule has 1 heterocycles. The first kappa shape index (κ1) is 17.9. The molecule has 0 spiro atoms. The van der Waals surface area contributed by atoms with Crippen molar-refractivity contribution in [2.75, 3.05) is 6.61 Å². The van der Waals surface area contributed by atoms with Gasteiger partial charge >= 0.3 is 6.09 Å². The zero-order valence-corrected chi connectivity index (χ0v) is 15.5. The number of nitrogens with one attached hydrogen (secondary N) is 1. The van der Waals surface area contributed by atoms with Gasteiger partial charge in [-0.3, -0.25) is 4.18 Å². The summed E-state index contributed by atoms with van der Waals surface area (Å²) in [5.41, 5.74) is 1.01. The zero-order valence-electron chi connectivity index (χ0n) is 13.1. The van der Waals surface area contributed by atoms with Crippen LogP contribution in [-0.4, -0.2) is 33.3 Å². The number of hydrogen-bond donors (Lipinski definition) is 1. The number of ether oxygens (including phenoxy) is 1. The molecule has 8 heteroatoms. The van der Waals surface area contributed by atoms with Crippen molar-refractivity contribution in [3.63, 3.8) is 0 Å². The van der Waals surface area contributed by atoms with Gasteiger partial charge in [0.1, 0.15) is 12.7 Å². The molecule has 1 aliphatic heterocycles. The minimum atomic E-state index is -3.92. The molecule has 2 atom stereocenters. The molecule has 0 bridgehead atoms. The standard InChI is InChI=1S/C17H16BrNO5S/c18-13-6-8-14(9-7-13)25(21,22)23-11-16-15(19-17(20)24-16)10-12-4-2-1-3-5-12/h1-9,15-16H,10-11H2,(H,19,20)/t15-,16+/m0/s1. The van der Waals surface area contributed by atoms with Crippen LogP contribution in [0.25, 0.3) is 0 Å². The van der Waals surface area contributed by atoms with Crippen LogP contribution in [-0.2, 0) is 25.5 Å². The maximum Gasteiger partial charge on any atom is 0.407 e. The van der Waals surface area contributed by atoms with E-state index in [9.17, 15) is 13.2 Å². The van der Waals surface area contributed by atoms with E-state index in [1.807, 2.05) is 30.3 Å². The van der Waals surface area contributed by atoms with Crippen LogP contribution >= 0.6 is 15.9 Å². The molecule has 2 aromatic rings. The number of cyclic esters (lactones) is 1. The summed E-state index contributed by atoms with van der Waals surface area (Å²) in [5.74, 6) is 0. The lowest BCUT2D eigenvalue weighted by molar-refractivity contribution is 0.0939. The molecule has 132 valence electrons. The minimum absolute atomic E-state index is 0.0487. The molecule has 1 fully saturated rings. The Kier molecular flexibility index (Phi) is 5.41. The predicted octanol–water partition coefficient (Wildman–Crippen LogP) is 2.87. The van der Waals surface area contributed by atoms with Crippen molar-refractivity contribution in [3.05, 3.63) is 64.6 Å². The van der Waals surface area contributed by atoms with E-state index in [-0.39, 0.29) is 17.5 Å². The van der Waals surface area contributed by atoms with E-state index in [0.29, 0.717) is 6.42 Å². The quantitative estimate of drug-likeness (QED) is 0.719. The molecular weight excluding hydrogens is 410 g/mol. The van der Waals surface area contributed by atoms with Crippen LogP contribution in [0.3, 0.4) is 0 Å². The fourth-order valence-corrected chi connectivity index (χ4v) is 3.71. The Bertz CT molecular complexity index is 839. The number of amides is 1. The van der Waals surface area contributed by atoms with Crippen LogP contribution in [0.2, 0.25) is 0 Å². The molecule has 0 radical (unpaired) electrons. The SMILES string of the molecule is O=C1N[C@@H](Cc2ccccc2)[C@@H](COS(=O)(=O)c2ccc(Br)cc2)O1. The third-order valence-corrected chi connectivity index (χ3v) is 5.62. The smallest absolute Gasteiger partial charge is 0.407 e. The van der Waals surface area contributed by atoms with E-state index in [1.165, 1.54) is 12.1 Å². The number of halogens is 1. The Morgan fingerprint density at radius 2 is 1.76 bits per heavy atom. The van der Waals surface area contributed by atoms with Crippen molar-refractivity contribution in [3.8, 4) is 0 Å². The third kappa shape index (κ3) is 4.59. The normalized spacial score (nSPS) is 20.1. The summed E-state index contributed by atoms with van der Waals surface area (Å²) in [5, 5.41) is 2.69. The fourth-order valence-electron chi connectivity index (χ4n) is 2.52. The van der Waals surface area contributed by atoms with Crippen LogP contribution in [0.1, 0.15) is 5.56 Å². The van der Waals surface area contributed by atoms with Gasteiger partial charge in [0.15, 0.2) is 0 Å². The Labute approximate surface area is 154 Å². The van der Waals surface area contributed by atoms with Crippen molar-refractivity contribution in [1.82, 2.24) is 5.32 Å². The lowest BCUT2D eigenvalue weighted by Gasteiger charge is -2.17. The first-order chi connectivity index (χ1) is 11.9. The van der Waals surface area contributed by atoms with Gasteiger partial charge < -0.3 is 10.1 Å². The first-order valence-corrected chi connectivity index (χ1v) is 9.80. The van der Waals surface area contributed by atoms with Gasteiger partial charge in [-0.25, -0.2) is 4.79 Å². The monoisotopic (exact) mass is 425 g/mol. The van der Waals surface area contributed by atoms with Crippen LogP contribution in [0.5, 0.6) is 0 Å². The van der Waals surface area contributed by atoms with E-state index >= 15 is 0 Å². The fraction of sp³-hybridized carbons (Fsp3) is 0.235. The van der Waals surface area contributed by atoms with Gasteiger partial charge in [0.05, 0.1) is 10.9 Å². The van der Waals surface area contributed by atoms with Gasteiger partial charge in [-0.1, -0.05) is 46.3 Å². The van der Waals surface area contributed by atoms with Gasteiger partial charge in [-0.15, -0.1) is 0 Å². The Balaban J connectivity index is 1.66. The highest BCUT2D eigenvalue weighted by Gasteiger charge is 2.35.